The van der Waals surface area contributed by atoms with Crippen molar-refractivity contribution in [3.63, 3.8) is 0 Å². The number of benzene rings is 2. The molecule has 104 valence electrons. The van der Waals surface area contributed by atoms with E-state index in [4.69, 9.17) is 0 Å². The molecule has 0 unspecified atom stereocenters. The molecule has 5 heteroatoms. The van der Waals surface area contributed by atoms with Crippen LogP contribution in [0.1, 0.15) is 16.1 Å². The Hall–Kier alpha value is -2.27. The molecule has 0 aliphatic heterocycles. The van der Waals surface area contributed by atoms with Crippen LogP contribution in [0.4, 0.5) is 0 Å². The molecule has 0 saturated carbocycles. The van der Waals surface area contributed by atoms with Crippen LogP contribution in [0.25, 0.3) is 11.0 Å². The third-order valence-electron chi connectivity index (χ3n) is 3.05. The molecule has 0 spiro atoms. The predicted molar refractivity (Wildman–Crippen MR) is 84.9 cm³/mol. The number of hydrogen-bond donors (Lipinski definition) is 1. The molecular formula is C16H12BrN3O. The van der Waals surface area contributed by atoms with Gasteiger partial charge in [0.15, 0.2) is 0 Å². The van der Waals surface area contributed by atoms with Crippen LogP contribution >= 0.6 is 15.9 Å². The quantitative estimate of drug-likeness (QED) is 0.794. The Bertz CT molecular complexity index is 804. The van der Waals surface area contributed by atoms with Crippen LogP contribution in [0.2, 0.25) is 0 Å². The van der Waals surface area contributed by atoms with Crippen LogP contribution in [0.15, 0.2) is 59.2 Å². The molecule has 0 fully saturated rings. The van der Waals surface area contributed by atoms with Gasteiger partial charge in [0.05, 0.1) is 35.0 Å². The van der Waals surface area contributed by atoms with Crippen molar-refractivity contribution in [3.8, 4) is 0 Å². The van der Waals surface area contributed by atoms with Gasteiger partial charge < -0.3 is 5.32 Å². The third kappa shape index (κ3) is 3.08. The molecule has 3 rings (SSSR count). The molecule has 2 aromatic carbocycles. The van der Waals surface area contributed by atoms with E-state index in [-0.39, 0.29) is 5.91 Å². The Morgan fingerprint density at radius 3 is 2.57 bits per heavy atom. The number of nitrogens with one attached hydrogen (secondary N) is 1. The van der Waals surface area contributed by atoms with Crippen LogP contribution in [-0.2, 0) is 6.54 Å². The number of fused-ring (bicyclic) bond motifs is 1. The van der Waals surface area contributed by atoms with Gasteiger partial charge >= 0.3 is 0 Å². The van der Waals surface area contributed by atoms with Crippen LogP contribution in [0.5, 0.6) is 0 Å². The second-order valence-electron chi connectivity index (χ2n) is 4.51. The highest BCUT2D eigenvalue weighted by Gasteiger charge is 2.09. The first-order chi connectivity index (χ1) is 10.2. The summed E-state index contributed by atoms with van der Waals surface area (Å²) in [6.07, 6.45) is 1.68. The highest BCUT2D eigenvalue weighted by atomic mass is 79.9. The number of hydrogen-bond acceptors (Lipinski definition) is 3. The molecular weight excluding hydrogens is 330 g/mol. The molecule has 1 heterocycles. The van der Waals surface area contributed by atoms with Gasteiger partial charge in [-0.05, 0) is 40.2 Å². The summed E-state index contributed by atoms with van der Waals surface area (Å²) in [4.78, 5) is 20.9. The van der Waals surface area contributed by atoms with Gasteiger partial charge in [0.1, 0.15) is 0 Å². The van der Waals surface area contributed by atoms with Crippen LogP contribution in [-0.4, -0.2) is 15.9 Å². The molecule has 0 saturated heterocycles. The zero-order valence-electron chi connectivity index (χ0n) is 11.1. The van der Waals surface area contributed by atoms with Crippen molar-refractivity contribution >= 4 is 32.9 Å². The van der Waals surface area contributed by atoms with Crippen molar-refractivity contribution in [1.29, 1.82) is 0 Å². The molecule has 21 heavy (non-hydrogen) atoms. The molecule has 0 aliphatic rings. The van der Waals surface area contributed by atoms with E-state index in [1.54, 1.807) is 12.3 Å². The summed E-state index contributed by atoms with van der Waals surface area (Å²) in [7, 11) is 0. The zero-order valence-corrected chi connectivity index (χ0v) is 12.7. The van der Waals surface area contributed by atoms with Crippen LogP contribution in [0.3, 0.4) is 0 Å². The largest absolute Gasteiger partial charge is 0.346 e. The van der Waals surface area contributed by atoms with Crippen molar-refractivity contribution in [2.45, 2.75) is 6.54 Å². The zero-order chi connectivity index (χ0) is 14.7. The lowest BCUT2D eigenvalue weighted by molar-refractivity contribution is 0.0949. The van der Waals surface area contributed by atoms with Crippen molar-refractivity contribution in [3.05, 3.63) is 70.5 Å². The average Bonchev–Trinajstić information content (AvgIpc) is 2.53. The minimum absolute atomic E-state index is 0.141. The number of amides is 1. The Balaban J connectivity index is 1.74. The van der Waals surface area contributed by atoms with Gasteiger partial charge in [0, 0.05) is 4.47 Å². The Morgan fingerprint density at radius 2 is 1.76 bits per heavy atom. The summed E-state index contributed by atoms with van der Waals surface area (Å²) >= 11 is 3.37. The summed E-state index contributed by atoms with van der Waals surface area (Å²) in [6.45, 7) is 0.345. The number of para-hydroxylation sites is 2. The summed E-state index contributed by atoms with van der Waals surface area (Å²) in [6, 6.07) is 15.0. The highest BCUT2D eigenvalue weighted by molar-refractivity contribution is 9.10. The van der Waals surface area contributed by atoms with E-state index < -0.39 is 0 Å². The lowest BCUT2D eigenvalue weighted by Crippen LogP contribution is -2.23. The molecule has 3 aromatic rings. The smallest absolute Gasteiger partial charge is 0.252 e. The fraction of sp³-hybridized carbons (Fsp3) is 0.0625. The van der Waals surface area contributed by atoms with Crippen LogP contribution < -0.4 is 5.32 Å². The monoisotopic (exact) mass is 341 g/mol. The topological polar surface area (TPSA) is 54.9 Å². The van der Waals surface area contributed by atoms with Crippen molar-refractivity contribution in [1.82, 2.24) is 15.3 Å². The van der Waals surface area contributed by atoms with E-state index in [9.17, 15) is 4.79 Å². The highest BCUT2D eigenvalue weighted by Crippen LogP contribution is 2.15. The maximum Gasteiger partial charge on any atom is 0.252 e. The van der Waals surface area contributed by atoms with Gasteiger partial charge in [-0.3, -0.25) is 9.78 Å². The minimum Gasteiger partial charge on any atom is -0.346 e. The molecule has 1 N–H and O–H groups in total. The second kappa shape index (κ2) is 6.01. The Labute approximate surface area is 130 Å². The first-order valence-corrected chi connectivity index (χ1v) is 7.27. The second-order valence-corrected chi connectivity index (χ2v) is 5.37. The van der Waals surface area contributed by atoms with E-state index >= 15 is 0 Å². The van der Waals surface area contributed by atoms with Crippen molar-refractivity contribution < 1.29 is 4.79 Å². The first-order valence-electron chi connectivity index (χ1n) is 6.47. The fourth-order valence-corrected chi connectivity index (χ4v) is 2.46. The van der Waals surface area contributed by atoms with Gasteiger partial charge in [0.25, 0.3) is 5.91 Å². The summed E-state index contributed by atoms with van der Waals surface area (Å²) in [5.41, 5.74) is 3.00. The molecule has 1 aromatic heterocycles. The first kappa shape index (κ1) is 13.7. The summed E-state index contributed by atoms with van der Waals surface area (Å²) in [5, 5.41) is 2.85. The molecule has 0 atom stereocenters. The maximum absolute atomic E-state index is 12.1. The molecule has 4 nitrogen and oxygen atoms in total. The lowest BCUT2D eigenvalue weighted by atomic mass is 10.2. The number of halogens is 1. The van der Waals surface area contributed by atoms with E-state index in [1.165, 1.54) is 0 Å². The molecule has 0 bridgehead atoms. The fourth-order valence-electron chi connectivity index (χ4n) is 1.99. The number of carbonyl (C=O) groups excluding carboxylic acids is 1. The SMILES string of the molecule is O=C(NCc1cnc2ccccc2n1)c1ccccc1Br. The van der Waals surface area contributed by atoms with Gasteiger partial charge in [-0.2, -0.15) is 0 Å². The molecule has 0 aliphatic carbocycles. The number of aromatic nitrogens is 2. The summed E-state index contributed by atoms with van der Waals surface area (Å²) in [5.74, 6) is -0.141. The minimum atomic E-state index is -0.141. The number of rotatable bonds is 3. The normalized spacial score (nSPS) is 10.5. The van der Waals surface area contributed by atoms with E-state index in [0.29, 0.717) is 12.1 Å². The van der Waals surface area contributed by atoms with Gasteiger partial charge in [-0.1, -0.05) is 24.3 Å². The number of nitrogens with zero attached hydrogens (tertiary/aromatic N) is 2. The Morgan fingerprint density at radius 1 is 1.05 bits per heavy atom. The van der Waals surface area contributed by atoms with Gasteiger partial charge in [-0.25, -0.2) is 4.98 Å². The predicted octanol–water partition coefficient (Wildman–Crippen LogP) is 3.32. The van der Waals surface area contributed by atoms with E-state index in [2.05, 4.69) is 31.2 Å². The summed E-state index contributed by atoms with van der Waals surface area (Å²) < 4.78 is 0.770. The molecule has 0 radical (unpaired) electrons. The Kier molecular flexibility index (Phi) is 3.92. The van der Waals surface area contributed by atoms with Crippen molar-refractivity contribution in [2.24, 2.45) is 0 Å². The van der Waals surface area contributed by atoms with Gasteiger partial charge in [-0.15, -0.1) is 0 Å². The average molecular weight is 342 g/mol. The van der Waals surface area contributed by atoms with Crippen molar-refractivity contribution in [2.75, 3.05) is 0 Å². The maximum atomic E-state index is 12.1. The molecule has 1 amide bonds. The van der Waals surface area contributed by atoms with E-state index in [0.717, 1.165) is 21.2 Å². The standard InChI is InChI=1S/C16H12BrN3O/c17-13-6-2-1-5-12(13)16(21)19-10-11-9-18-14-7-3-4-8-15(14)20-11/h1-9H,10H2,(H,19,21). The van der Waals surface area contributed by atoms with E-state index in [1.807, 2.05) is 42.5 Å². The number of carbonyl (C=O) groups is 1. The van der Waals surface area contributed by atoms with Gasteiger partial charge in [0.2, 0.25) is 0 Å². The third-order valence-corrected chi connectivity index (χ3v) is 3.74. The van der Waals surface area contributed by atoms with Crippen LogP contribution in [0, 0.1) is 0 Å². The lowest BCUT2D eigenvalue weighted by Gasteiger charge is -2.07.